The van der Waals surface area contributed by atoms with E-state index in [-0.39, 0.29) is 42.4 Å². The topological polar surface area (TPSA) is 48.9 Å². The first kappa shape index (κ1) is 24.3. The number of hydrogen-bond acceptors (Lipinski definition) is 3. The number of methoxy groups -OCH3 is 1. The quantitative estimate of drug-likeness (QED) is 0.337. The van der Waals surface area contributed by atoms with Gasteiger partial charge in [-0.25, -0.2) is 13.2 Å². The summed E-state index contributed by atoms with van der Waals surface area (Å²) in [5.74, 6) is -0.832. The van der Waals surface area contributed by atoms with Gasteiger partial charge in [0.05, 0.1) is 12.3 Å². The molecule has 0 saturated carbocycles. The van der Waals surface area contributed by atoms with Gasteiger partial charge < -0.3 is 20.3 Å². The van der Waals surface area contributed by atoms with Gasteiger partial charge in [0.15, 0.2) is 5.96 Å². The van der Waals surface area contributed by atoms with Gasteiger partial charge in [0, 0.05) is 51.5 Å². The Labute approximate surface area is 191 Å². The molecule has 1 unspecified atom stereocenters. The maximum absolute atomic E-state index is 14.0. The van der Waals surface area contributed by atoms with Gasteiger partial charge in [-0.1, -0.05) is 6.07 Å². The van der Waals surface area contributed by atoms with Crippen molar-refractivity contribution in [2.75, 3.05) is 32.1 Å². The lowest BCUT2D eigenvalue weighted by atomic mass is 10.1. The zero-order chi connectivity index (χ0) is 20.8. The van der Waals surface area contributed by atoms with Crippen LogP contribution < -0.4 is 15.5 Å². The third kappa shape index (κ3) is 6.24. The van der Waals surface area contributed by atoms with E-state index in [4.69, 9.17) is 4.74 Å². The first-order valence-corrected chi connectivity index (χ1v) is 9.43. The van der Waals surface area contributed by atoms with Crippen LogP contribution in [-0.4, -0.2) is 39.2 Å². The van der Waals surface area contributed by atoms with E-state index in [0.29, 0.717) is 36.8 Å². The average Bonchev–Trinajstić information content (AvgIpc) is 3.15. The van der Waals surface area contributed by atoms with Crippen LogP contribution in [0.2, 0.25) is 0 Å². The number of halogens is 4. The lowest BCUT2D eigenvalue weighted by molar-refractivity contribution is 0.181. The van der Waals surface area contributed by atoms with Crippen LogP contribution in [0.15, 0.2) is 41.4 Å². The van der Waals surface area contributed by atoms with Crippen molar-refractivity contribution in [3.05, 3.63) is 65.0 Å². The number of anilines is 1. The van der Waals surface area contributed by atoms with Gasteiger partial charge in [0.1, 0.15) is 17.5 Å². The molecule has 0 aromatic heterocycles. The van der Waals surface area contributed by atoms with Gasteiger partial charge >= 0.3 is 0 Å². The minimum atomic E-state index is -0.584. The summed E-state index contributed by atoms with van der Waals surface area (Å²) in [6.07, 6.45) is 0.798. The second-order valence-electron chi connectivity index (χ2n) is 6.96. The van der Waals surface area contributed by atoms with Crippen molar-refractivity contribution in [3.63, 3.8) is 0 Å². The molecule has 0 amide bonds. The Morgan fingerprint density at radius 2 is 1.97 bits per heavy atom. The molecule has 0 aliphatic carbocycles. The third-order valence-electron chi connectivity index (χ3n) is 4.87. The minimum Gasteiger partial charge on any atom is -0.380 e. The Hall–Kier alpha value is -2.01. The van der Waals surface area contributed by atoms with Gasteiger partial charge in [-0.05, 0) is 36.2 Å². The molecule has 1 aliphatic heterocycles. The van der Waals surface area contributed by atoms with Crippen molar-refractivity contribution in [1.29, 1.82) is 0 Å². The largest absolute Gasteiger partial charge is 0.380 e. The summed E-state index contributed by atoms with van der Waals surface area (Å²) < 4.78 is 45.9. The van der Waals surface area contributed by atoms with Gasteiger partial charge in [0.25, 0.3) is 0 Å². The minimum absolute atomic E-state index is 0. The molecule has 1 saturated heterocycles. The van der Waals surface area contributed by atoms with E-state index in [1.54, 1.807) is 19.2 Å². The van der Waals surface area contributed by atoms with E-state index in [2.05, 4.69) is 15.6 Å². The molecule has 2 aromatic rings. The zero-order valence-electron chi connectivity index (χ0n) is 16.9. The molecule has 0 radical (unpaired) electrons. The lowest BCUT2D eigenvalue weighted by Gasteiger charge is -2.21. The molecule has 164 valence electrons. The molecule has 1 fully saturated rings. The van der Waals surface area contributed by atoms with Crippen LogP contribution in [0.5, 0.6) is 0 Å². The van der Waals surface area contributed by atoms with E-state index in [9.17, 15) is 13.2 Å². The second-order valence-corrected chi connectivity index (χ2v) is 6.96. The smallest absolute Gasteiger partial charge is 0.191 e. The number of nitrogens with one attached hydrogen (secondary N) is 2. The maximum atomic E-state index is 14.0. The van der Waals surface area contributed by atoms with Crippen LogP contribution in [0.4, 0.5) is 18.9 Å². The molecular formula is C21H26F3IN4O. The van der Waals surface area contributed by atoms with Crippen molar-refractivity contribution in [3.8, 4) is 0 Å². The Kier molecular flexibility index (Phi) is 9.22. The summed E-state index contributed by atoms with van der Waals surface area (Å²) in [7, 11) is 3.20. The fourth-order valence-electron chi connectivity index (χ4n) is 3.41. The SMILES string of the molecule is CN=C(NCc1ccc(F)c(COC)c1)NC1CCN(c2ccc(F)cc2F)C1.I. The lowest BCUT2D eigenvalue weighted by Crippen LogP contribution is -2.44. The van der Waals surface area contributed by atoms with Gasteiger partial charge in [-0.3, -0.25) is 4.99 Å². The highest BCUT2D eigenvalue weighted by Crippen LogP contribution is 2.24. The fourth-order valence-corrected chi connectivity index (χ4v) is 3.41. The van der Waals surface area contributed by atoms with Crippen LogP contribution in [0.1, 0.15) is 17.5 Å². The summed E-state index contributed by atoms with van der Waals surface area (Å²) >= 11 is 0. The van der Waals surface area contributed by atoms with Crippen LogP contribution in [0.25, 0.3) is 0 Å². The highest BCUT2D eigenvalue weighted by molar-refractivity contribution is 14.0. The van der Waals surface area contributed by atoms with E-state index in [1.807, 2.05) is 4.90 Å². The van der Waals surface area contributed by atoms with E-state index in [0.717, 1.165) is 18.1 Å². The van der Waals surface area contributed by atoms with Gasteiger partial charge in [0.2, 0.25) is 0 Å². The van der Waals surface area contributed by atoms with Crippen LogP contribution in [0, 0.1) is 17.5 Å². The van der Waals surface area contributed by atoms with Crippen LogP contribution >= 0.6 is 24.0 Å². The summed E-state index contributed by atoms with van der Waals surface area (Å²) in [5.41, 5.74) is 1.81. The van der Waals surface area contributed by atoms with E-state index in [1.165, 1.54) is 25.3 Å². The maximum Gasteiger partial charge on any atom is 0.191 e. The van der Waals surface area contributed by atoms with Crippen LogP contribution in [0.3, 0.4) is 0 Å². The summed E-state index contributed by atoms with van der Waals surface area (Å²) in [6.45, 7) is 1.93. The predicted octanol–water partition coefficient (Wildman–Crippen LogP) is 3.81. The van der Waals surface area contributed by atoms with E-state index >= 15 is 0 Å². The van der Waals surface area contributed by atoms with Crippen LogP contribution in [-0.2, 0) is 17.9 Å². The summed E-state index contributed by atoms with van der Waals surface area (Å²) in [6, 6.07) is 8.59. The molecule has 0 spiro atoms. The monoisotopic (exact) mass is 534 g/mol. The van der Waals surface area contributed by atoms with E-state index < -0.39 is 11.6 Å². The average molecular weight is 534 g/mol. The molecule has 3 rings (SSSR count). The Morgan fingerprint density at radius 1 is 1.17 bits per heavy atom. The molecule has 1 atom stereocenters. The number of nitrogens with zero attached hydrogens (tertiary/aromatic N) is 2. The molecule has 1 heterocycles. The molecule has 30 heavy (non-hydrogen) atoms. The highest BCUT2D eigenvalue weighted by Gasteiger charge is 2.25. The molecule has 2 N–H and O–H groups in total. The van der Waals surface area contributed by atoms with Crippen molar-refractivity contribution in [2.45, 2.75) is 25.6 Å². The first-order valence-electron chi connectivity index (χ1n) is 9.43. The molecule has 5 nitrogen and oxygen atoms in total. The second kappa shape index (κ2) is 11.4. The molecule has 0 bridgehead atoms. The van der Waals surface area contributed by atoms with Crippen molar-refractivity contribution >= 4 is 35.6 Å². The zero-order valence-corrected chi connectivity index (χ0v) is 19.3. The first-order chi connectivity index (χ1) is 14.0. The number of aliphatic imine (C=N–C) groups is 1. The molecule has 1 aliphatic rings. The Bertz CT molecular complexity index is 881. The Morgan fingerprint density at radius 3 is 2.67 bits per heavy atom. The van der Waals surface area contributed by atoms with Crippen molar-refractivity contribution in [2.24, 2.45) is 4.99 Å². The van der Waals surface area contributed by atoms with Gasteiger partial charge in [-0.15, -0.1) is 24.0 Å². The fraction of sp³-hybridized carbons (Fsp3) is 0.381. The number of hydrogen-bond donors (Lipinski definition) is 2. The summed E-state index contributed by atoms with van der Waals surface area (Å²) in [4.78, 5) is 6.11. The standard InChI is InChI=1S/C21H25F3N4O.HI/c1-25-21(26-11-14-3-5-18(23)15(9-14)13-29-2)27-17-7-8-28(12-17)20-6-4-16(22)10-19(20)24;/h3-6,9-10,17H,7-8,11-13H2,1-2H3,(H2,25,26,27);1H. The number of rotatable bonds is 6. The number of benzene rings is 2. The normalized spacial score (nSPS) is 16.4. The molecule has 2 aromatic carbocycles. The third-order valence-corrected chi connectivity index (χ3v) is 4.87. The highest BCUT2D eigenvalue weighted by atomic mass is 127. The Balaban J connectivity index is 0.00000320. The molecule has 9 heteroatoms. The predicted molar refractivity (Wildman–Crippen MR) is 123 cm³/mol. The number of ether oxygens (including phenoxy) is 1. The van der Waals surface area contributed by atoms with Gasteiger partial charge in [-0.2, -0.15) is 0 Å². The summed E-state index contributed by atoms with van der Waals surface area (Å²) in [5, 5.41) is 6.53. The number of guanidine groups is 1. The molecular weight excluding hydrogens is 508 g/mol. The van der Waals surface area contributed by atoms with Crippen molar-refractivity contribution < 1.29 is 17.9 Å². The van der Waals surface area contributed by atoms with Crippen molar-refractivity contribution in [1.82, 2.24) is 10.6 Å².